The number of aromatic nitrogens is 1. The first-order valence-corrected chi connectivity index (χ1v) is 9.08. The van der Waals surface area contributed by atoms with Crippen molar-refractivity contribution in [2.45, 2.75) is 13.8 Å². The molecule has 1 heterocycles. The maximum atomic E-state index is 13.1. The molecule has 0 radical (unpaired) electrons. The second kappa shape index (κ2) is 7.36. The third-order valence-corrected chi connectivity index (χ3v) is 4.82. The smallest absolute Gasteiger partial charge is 0.344 e. The van der Waals surface area contributed by atoms with Crippen LogP contribution in [0, 0.1) is 19.7 Å². The summed E-state index contributed by atoms with van der Waals surface area (Å²) < 4.78 is 18.6. The molecule has 4 nitrogen and oxygen atoms in total. The molecule has 5 heteroatoms. The van der Waals surface area contributed by atoms with Crippen LogP contribution in [0.1, 0.15) is 21.5 Å². The quantitative estimate of drug-likeness (QED) is 0.368. The highest BCUT2D eigenvalue weighted by atomic mass is 19.1. The van der Waals surface area contributed by atoms with E-state index in [1.807, 2.05) is 38.1 Å². The zero-order valence-electron chi connectivity index (χ0n) is 15.9. The van der Waals surface area contributed by atoms with Crippen LogP contribution in [0.3, 0.4) is 0 Å². The molecule has 1 N–H and O–H groups in total. The number of carbonyl (C=O) groups is 1. The Kier molecular flexibility index (Phi) is 4.72. The SMILES string of the molecule is Cc1cc(-c2cc3cnccc3cc2C(=O)Oc2ccc(F)cc2)cc(C)c1O. The number of benzene rings is 3. The zero-order chi connectivity index (χ0) is 20.5. The number of carbonyl (C=O) groups excluding carboxylic acids is 1. The molecule has 1 aromatic heterocycles. The Morgan fingerprint density at radius 2 is 1.66 bits per heavy atom. The molecule has 3 aromatic carbocycles. The molecule has 0 fully saturated rings. The third kappa shape index (κ3) is 3.67. The Morgan fingerprint density at radius 1 is 0.966 bits per heavy atom. The number of aromatic hydroxyl groups is 1. The van der Waals surface area contributed by atoms with E-state index in [0.717, 1.165) is 16.3 Å². The van der Waals surface area contributed by atoms with Gasteiger partial charge in [-0.05, 0) is 96.1 Å². The molecule has 0 aliphatic carbocycles. The molecular formula is C24H18FNO3. The van der Waals surface area contributed by atoms with Crippen molar-refractivity contribution >= 4 is 16.7 Å². The minimum Gasteiger partial charge on any atom is -0.507 e. The molecule has 0 unspecified atom stereocenters. The number of halogens is 1. The van der Waals surface area contributed by atoms with Crippen molar-refractivity contribution in [2.75, 3.05) is 0 Å². The summed E-state index contributed by atoms with van der Waals surface area (Å²) in [6.07, 6.45) is 3.39. The Balaban J connectivity index is 1.86. The van der Waals surface area contributed by atoms with Crippen LogP contribution in [0.15, 0.2) is 67.0 Å². The second-order valence-electron chi connectivity index (χ2n) is 6.92. The van der Waals surface area contributed by atoms with E-state index in [-0.39, 0.29) is 11.5 Å². The number of hydrogen-bond donors (Lipinski definition) is 1. The van der Waals surface area contributed by atoms with Crippen molar-refractivity contribution in [3.63, 3.8) is 0 Å². The van der Waals surface area contributed by atoms with E-state index in [1.54, 1.807) is 18.5 Å². The summed E-state index contributed by atoms with van der Waals surface area (Å²) in [5.74, 6) is -0.464. The van der Waals surface area contributed by atoms with Gasteiger partial charge in [-0.1, -0.05) is 0 Å². The summed E-state index contributed by atoms with van der Waals surface area (Å²) in [5, 5.41) is 11.8. The number of esters is 1. The lowest BCUT2D eigenvalue weighted by atomic mass is 9.93. The molecule has 144 valence electrons. The third-order valence-electron chi connectivity index (χ3n) is 4.82. The standard InChI is InChI=1S/C24H18FNO3/c1-14-9-17(10-15(2)23(14)27)21-12-18-13-26-8-7-16(18)11-22(21)24(28)29-20-5-3-19(25)4-6-20/h3-13,27H,1-2H3. The van der Waals surface area contributed by atoms with E-state index in [9.17, 15) is 14.3 Å². The summed E-state index contributed by atoms with van der Waals surface area (Å²) in [4.78, 5) is 17.1. The first-order valence-electron chi connectivity index (χ1n) is 9.08. The predicted octanol–water partition coefficient (Wildman–Crippen LogP) is 5.58. The van der Waals surface area contributed by atoms with E-state index in [2.05, 4.69) is 4.98 Å². The Labute approximate surface area is 167 Å². The zero-order valence-corrected chi connectivity index (χ0v) is 15.9. The van der Waals surface area contributed by atoms with Crippen LogP contribution >= 0.6 is 0 Å². The van der Waals surface area contributed by atoms with E-state index in [1.165, 1.54) is 24.3 Å². The van der Waals surface area contributed by atoms with Crippen LogP contribution in [-0.2, 0) is 0 Å². The van der Waals surface area contributed by atoms with E-state index in [4.69, 9.17) is 4.74 Å². The van der Waals surface area contributed by atoms with Gasteiger partial charge in [0.15, 0.2) is 0 Å². The summed E-state index contributed by atoms with van der Waals surface area (Å²) in [7, 11) is 0. The number of phenols is 1. The number of fused-ring (bicyclic) bond motifs is 1. The highest BCUT2D eigenvalue weighted by molar-refractivity contribution is 6.03. The summed E-state index contributed by atoms with van der Waals surface area (Å²) in [6, 6.07) is 14.4. The van der Waals surface area contributed by atoms with Crippen molar-refractivity contribution in [3.8, 4) is 22.6 Å². The van der Waals surface area contributed by atoms with Crippen molar-refractivity contribution in [3.05, 3.63) is 89.5 Å². The number of phenolic OH excluding ortho intramolecular Hbond substituents is 1. The maximum Gasteiger partial charge on any atom is 0.344 e. The summed E-state index contributed by atoms with van der Waals surface area (Å²) in [6.45, 7) is 3.62. The maximum absolute atomic E-state index is 13.1. The lowest BCUT2D eigenvalue weighted by molar-refractivity contribution is 0.0735. The van der Waals surface area contributed by atoms with Crippen LogP contribution in [0.2, 0.25) is 0 Å². The average Bonchev–Trinajstić information content (AvgIpc) is 2.72. The van der Waals surface area contributed by atoms with Crippen molar-refractivity contribution < 1.29 is 19.0 Å². The second-order valence-corrected chi connectivity index (χ2v) is 6.92. The minimum atomic E-state index is -0.547. The van der Waals surface area contributed by atoms with Crippen molar-refractivity contribution in [1.29, 1.82) is 0 Å². The topological polar surface area (TPSA) is 59.4 Å². The van der Waals surface area contributed by atoms with Gasteiger partial charge in [-0.25, -0.2) is 9.18 Å². The monoisotopic (exact) mass is 387 g/mol. The van der Waals surface area contributed by atoms with Gasteiger partial charge in [0, 0.05) is 17.8 Å². The first kappa shape index (κ1) is 18.6. The molecule has 4 rings (SSSR count). The van der Waals surface area contributed by atoms with Gasteiger partial charge in [0.05, 0.1) is 5.56 Å². The van der Waals surface area contributed by atoms with Gasteiger partial charge in [0.1, 0.15) is 17.3 Å². The number of hydrogen-bond acceptors (Lipinski definition) is 4. The fourth-order valence-corrected chi connectivity index (χ4v) is 3.32. The Morgan fingerprint density at radius 3 is 2.34 bits per heavy atom. The van der Waals surface area contributed by atoms with Gasteiger partial charge in [-0.15, -0.1) is 0 Å². The van der Waals surface area contributed by atoms with E-state index >= 15 is 0 Å². The molecule has 0 saturated carbocycles. The summed E-state index contributed by atoms with van der Waals surface area (Å²) >= 11 is 0. The van der Waals surface area contributed by atoms with Crippen LogP contribution in [-0.4, -0.2) is 16.1 Å². The number of ether oxygens (including phenoxy) is 1. The molecule has 0 atom stereocenters. The normalized spacial score (nSPS) is 10.9. The molecule has 29 heavy (non-hydrogen) atoms. The fourth-order valence-electron chi connectivity index (χ4n) is 3.32. The van der Waals surface area contributed by atoms with E-state index in [0.29, 0.717) is 22.3 Å². The number of nitrogens with zero attached hydrogens (tertiary/aromatic N) is 1. The van der Waals surface area contributed by atoms with Gasteiger partial charge in [0.25, 0.3) is 0 Å². The van der Waals surface area contributed by atoms with Crippen LogP contribution < -0.4 is 4.74 Å². The number of pyridine rings is 1. The van der Waals surface area contributed by atoms with Crippen LogP contribution in [0.4, 0.5) is 4.39 Å². The first-order chi connectivity index (χ1) is 13.9. The van der Waals surface area contributed by atoms with Gasteiger partial charge < -0.3 is 9.84 Å². The highest BCUT2D eigenvalue weighted by Gasteiger charge is 2.18. The molecule has 0 saturated heterocycles. The van der Waals surface area contributed by atoms with Crippen LogP contribution in [0.5, 0.6) is 11.5 Å². The lowest BCUT2D eigenvalue weighted by Crippen LogP contribution is -2.10. The van der Waals surface area contributed by atoms with E-state index < -0.39 is 11.8 Å². The number of rotatable bonds is 3. The van der Waals surface area contributed by atoms with Crippen LogP contribution in [0.25, 0.3) is 21.9 Å². The fraction of sp³-hybridized carbons (Fsp3) is 0.0833. The van der Waals surface area contributed by atoms with Gasteiger partial charge in [-0.3, -0.25) is 4.98 Å². The average molecular weight is 387 g/mol. The molecule has 0 amide bonds. The Hall–Kier alpha value is -3.73. The molecule has 0 bridgehead atoms. The molecule has 0 aliphatic rings. The molecule has 4 aromatic rings. The predicted molar refractivity (Wildman–Crippen MR) is 110 cm³/mol. The highest BCUT2D eigenvalue weighted by Crippen LogP contribution is 2.34. The Bertz CT molecular complexity index is 1210. The van der Waals surface area contributed by atoms with Gasteiger partial charge in [0.2, 0.25) is 0 Å². The lowest BCUT2D eigenvalue weighted by Gasteiger charge is -2.14. The van der Waals surface area contributed by atoms with Gasteiger partial charge in [-0.2, -0.15) is 0 Å². The van der Waals surface area contributed by atoms with Crippen molar-refractivity contribution in [2.24, 2.45) is 0 Å². The minimum absolute atomic E-state index is 0.228. The molecular weight excluding hydrogens is 369 g/mol. The number of aryl methyl sites for hydroxylation is 2. The van der Waals surface area contributed by atoms with Gasteiger partial charge >= 0.3 is 5.97 Å². The molecule has 0 spiro atoms. The summed E-state index contributed by atoms with van der Waals surface area (Å²) in [5.41, 5.74) is 3.25. The largest absolute Gasteiger partial charge is 0.507 e. The van der Waals surface area contributed by atoms with Crippen molar-refractivity contribution in [1.82, 2.24) is 4.98 Å². The molecule has 0 aliphatic heterocycles.